The third kappa shape index (κ3) is 2.23. The van der Waals surface area contributed by atoms with Crippen LogP contribution in [0.2, 0.25) is 0 Å². The number of anilines is 1. The second-order valence-electron chi connectivity index (χ2n) is 3.33. The minimum absolute atomic E-state index is 0.541. The summed E-state index contributed by atoms with van der Waals surface area (Å²) in [6.07, 6.45) is 7.82. The van der Waals surface area contributed by atoms with Gasteiger partial charge in [-0.3, -0.25) is 0 Å². The van der Waals surface area contributed by atoms with Crippen LogP contribution in [-0.2, 0) is 0 Å². The van der Waals surface area contributed by atoms with Crippen molar-refractivity contribution in [3.63, 3.8) is 0 Å². The highest BCUT2D eigenvalue weighted by atomic mass is 32.2. The third-order valence-electron chi connectivity index (χ3n) is 2.10. The van der Waals surface area contributed by atoms with Gasteiger partial charge < -0.3 is 10.1 Å². The van der Waals surface area contributed by atoms with Gasteiger partial charge in [0.1, 0.15) is 10.8 Å². The molecule has 0 saturated carbocycles. The number of rotatable bonds is 4. The van der Waals surface area contributed by atoms with E-state index in [-0.39, 0.29) is 0 Å². The molecule has 0 bridgehead atoms. The van der Waals surface area contributed by atoms with E-state index in [4.69, 9.17) is 5.73 Å². The van der Waals surface area contributed by atoms with Crippen molar-refractivity contribution in [3.05, 3.63) is 18.6 Å². The molecule has 2 N–H and O–H groups in total. The lowest BCUT2D eigenvalue weighted by atomic mass is 10.4. The summed E-state index contributed by atoms with van der Waals surface area (Å²) in [7, 11) is 0. The molecule has 0 amide bonds. The highest BCUT2D eigenvalue weighted by molar-refractivity contribution is 7.99. The number of nitrogen functional groups attached to an aromatic ring is 1. The van der Waals surface area contributed by atoms with E-state index in [9.17, 15) is 0 Å². The summed E-state index contributed by atoms with van der Waals surface area (Å²) in [5, 5.41) is 0.924. The molecule has 15 heavy (non-hydrogen) atoms. The number of unbranched alkanes of at least 4 members (excludes halogenated alkanes) is 1. The Bertz CT molecular complexity index is 452. The maximum Gasteiger partial charge on any atom is 0.169 e. The molecule has 2 rings (SSSR count). The number of hydrogen-bond donors (Lipinski definition) is 1. The molecule has 0 aliphatic heterocycles. The molecule has 5 heteroatoms. The van der Waals surface area contributed by atoms with E-state index < -0.39 is 0 Å². The Balaban J connectivity index is 2.27. The zero-order valence-corrected chi connectivity index (χ0v) is 9.50. The minimum Gasteiger partial charge on any atom is -0.382 e. The van der Waals surface area contributed by atoms with E-state index in [1.54, 1.807) is 24.2 Å². The normalized spacial score (nSPS) is 11.0. The largest absolute Gasteiger partial charge is 0.382 e. The number of nitrogens with zero attached hydrogens (tertiary/aromatic N) is 3. The topological polar surface area (TPSA) is 56.2 Å². The molecule has 0 aromatic carbocycles. The fourth-order valence-electron chi connectivity index (χ4n) is 1.33. The molecule has 0 fully saturated rings. The average molecular weight is 222 g/mol. The van der Waals surface area contributed by atoms with Gasteiger partial charge in [-0.25, -0.2) is 9.97 Å². The van der Waals surface area contributed by atoms with Crippen LogP contribution in [0.4, 0.5) is 5.82 Å². The van der Waals surface area contributed by atoms with Crippen molar-refractivity contribution in [2.24, 2.45) is 0 Å². The van der Waals surface area contributed by atoms with Crippen LogP contribution in [0.15, 0.2) is 23.6 Å². The van der Waals surface area contributed by atoms with Crippen molar-refractivity contribution in [1.29, 1.82) is 0 Å². The number of hydrogen-bond acceptors (Lipinski definition) is 4. The van der Waals surface area contributed by atoms with E-state index in [1.165, 1.54) is 12.8 Å². The predicted molar refractivity (Wildman–Crippen MR) is 63.0 cm³/mol. The lowest BCUT2D eigenvalue weighted by Gasteiger charge is -2.03. The lowest BCUT2D eigenvalue weighted by molar-refractivity contribution is 0.894. The van der Waals surface area contributed by atoms with Gasteiger partial charge in [-0.2, -0.15) is 0 Å². The van der Waals surface area contributed by atoms with E-state index in [0.29, 0.717) is 5.82 Å². The third-order valence-corrected chi connectivity index (χ3v) is 3.14. The molecule has 0 atom stereocenters. The number of fused-ring (bicyclic) bond motifs is 1. The molecule has 0 saturated heterocycles. The molecule has 0 aliphatic rings. The van der Waals surface area contributed by atoms with Gasteiger partial charge in [0.25, 0.3) is 0 Å². The van der Waals surface area contributed by atoms with Crippen LogP contribution in [0.1, 0.15) is 19.8 Å². The van der Waals surface area contributed by atoms with Gasteiger partial charge in [0, 0.05) is 12.4 Å². The van der Waals surface area contributed by atoms with Gasteiger partial charge in [-0.15, -0.1) is 11.8 Å². The Morgan fingerprint density at radius 2 is 2.40 bits per heavy atom. The van der Waals surface area contributed by atoms with Crippen LogP contribution in [0, 0.1) is 0 Å². The van der Waals surface area contributed by atoms with Crippen LogP contribution >= 0.6 is 11.8 Å². The molecule has 0 unspecified atom stereocenters. The zero-order chi connectivity index (χ0) is 10.7. The first-order valence-electron chi connectivity index (χ1n) is 5.03. The van der Waals surface area contributed by atoms with E-state index in [0.717, 1.165) is 16.4 Å². The summed E-state index contributed by atoms with van der Waals surface area (Å²) in [4.78, 5) is 8.57. The van der Waals surface area contributed by atoms with Crippen molar-refractivity contribution < 1.29 is 0 Å². The van der Waals surface area contributed by atoms with E-state index >= 15 is 0 Å². The van der Waals surface area contributed by atoms with Crippen LogP contribution in [-0.4, -0.2) is 20.1 Å². The van der Waals surface area contributed by atoms with E-state index in [2.05, 4.69) is 16.9 Å². The molecule has 80 valence electrons. The molecular weight excluding hydrogens is 208 g/mol. The lowest BCUT2D eigenvalue weighted by Crippen LogP contribution is -1.97. The van der Waals surface area contributed by atoms with Gasteiger partial charge >= 0.3 is 0 Å². The Labute approximate surface area is 92.9 Å². The van der Waals surface area contributed by atoms with Gasteiger partial charge in [0.05, 0.1) is 6.20 Å². The van der Waals surface area contributed by atoms with Gasteiger partial charge in [0.15, 0.2) is 5.65 Å². The highest BCUT2D eigenvalue weighted by Gasteiger charge is 2.05. The maximum atomic E-state index is 5.72. The highest BCUT2D eigenvalue weighted by Crippen LogP contribution is 2.22. The number of imidazole rings is 1. The quantitative estimate of drug-likeness (QED) is 0.636. The maximum absolute atomic E-state index is 5.72. The monoisotopic (exact) mass is 222 g/mol. The predicted octanol–water partition coefficient (Wildman–Crippen LogP) is 2.20. The molecule has 2 heterocycles. The van der Waals surface area contributed by atoms with Gasteiger partial charge in [-0.1, -0.05) is 13.3 Å². The van der Waals surface area contributed by atoms with Crippen LogP contribution < -0.4 is 5.73 Å². The average Bonchev–Trinajstić information content (AvgIpc) is 2.65. The first kappa shape index (κ1) is 10.3. The second kappa shape index (κ2) is 4.53. The Hall–Kier alpha value is -1.23. The number of nitrogens with two attached hydrogens (primary N) is 1. The van der Waals surface area contributed by atoms with Crippen molar-refractivity contribution >= 4 is 23.2 Å². The fraction of sp³-hybridized carbons (Fsp3) is 0.400. The summed E-state index contributed by atoms with van der Waals surface area (Å²) in [5.74, 6) is 1.61. The molecule has 4 nitrogen and oxygen atoms in total. The molecule has 0 spiro atoms. The first-order chi connectivity index (χ1) is 7.31. The van der Waals surface area contributed by atoms with Gasteiger partial charge in [-0.05, 0) is 12.2 Å². The molecule has 2 aromatic rings. The molecule has 0 radical (unpaired) electrons. The van der Waals surface area contributed by atoms with Crippen molar-refractivity contribution in [1.82, 2.24) is 14.4 Å². The summed E-state index contributed by atoms with van der Waals surface area (Å²) in [6, 6.07) is 0. The Morgan fingerprint density at radius 3 is 3.20 bits per heavy atom. The smallest absolute Gasteiger partial charge is 0.169 e. The standard InChI is InChI=1S/C10H14N4S/c1-2-3-6-15-10-9-12-4-5-14(9)7-8(11)13-10/h4-5,7H,2-3,6,11H2,1H3. The Morgan fingerprint density at radius 1 is 1.53 bits per heavy atom. The minimum atomic E-state index is 0.541. The van der Waals surface area contributed by atoms with Gasteiger partial charge in [0.2, 0.25) is 0 Å². The van der Waals surface area contributed by atoms with Crippen LogP contribution in [0.3, 0.4) is 0 Å². The first-order valence-corrected chi connectivity index (χ1v) is 6.02. The van der Waals surface area contributed by atoms with Crippen molar-refractivity contribution in [2.75, 3.05) is 11.5 Å². The van der Waals surface area contributed by atoms with Crippen molar-refractivity contribution in [2.45, 2.75) is 24.8 Å². The molecular formula is C10H14N4S. The Kier molecular flexibility index (Phi) is 3.11. The summed E-state index contributed by atoms with van der Waals surface area (Å²) in [6.45, 7) is 2.18. The summed E-state index contributed by atoms with van der Waals surface area (Å²) in [5.41, 5.74) is 6.61. The fourth-order valence-corrected chi connectivity index (χ4v) is 2.42. The number of aromatic nitrogens is 3. The molecule has 0 aliphatic carbocycles. The van der Waals surface area contributed by atoms with E-state index in [1.807, 2.05) is 10.6 Å². The van der Waals surface area contributed by atoms with Crippen molar-refractivity contribution in [3.8, 4) is 0 Å². The second-order valence-corrected chi connectivity index (χ2v) is 4.41. The summed E-state index contributed by atoms with van der Waals surface area (Å²) < 4.78 is 1.91. The van der Waals surface area contributed by atoms with Crippen LogP contribution in [0.25, 0.3) is 5.65 Å². The summed E-state index contributed by atoms with van der Waals surface area (Å²) >= 11 is 1.72. The molecule has 2 aromatic heterocycles. The SMILES string of the molecule is CCCCSc1nc(N)cn2ccnc12. The zero-order valence-electron chi connectivity index (χ0n) is 8.68. The van der Waals surface area contributed by atoms with Crippen LogP contribution in [0.5, 0.6) is 0 Å². The number of thioether (sulfide) groups is 1.